The van der Waals surface area contributed by atoms with Crippen molar-refractivity contribution in [2.75, 3.05) is 26.4 Å². The predicted molar refractivity (Wildman–Crippen MR) is 169 cm³/mol. The Hall–Kier alpha value is -3.94. The van der Waals surface area contributed by atoms with E-state index >= 15 is 0 Å². The number of rotatable bonds is 18. The first-order valence-corrected chi connectivity index (χ1v) is 15.1. The van der Waals surface area contributed by atoms with Crippen molar-refractivity contribution in [3.8, 4) is 34.5 Å². The van der Waals surface area contributed by atoms with Gasteiger partial charge >= 0.3 is 11.9 Å². The first kappa shape index (κ1) is 35.3. The summed E-state index contributed by atoms with van der Waals surface area (Å²) in [6.45, 7) is 24.3. The molecular weight excluding hydrogens is 548 g/mol. The average Bonchev–Trinajstić information content (AvgIpc) is 2.97. The highest BCUT2D eigenvalue weighted by molar-refractivity contribution is 5.90. The standard InChI is InChI=1S/C35H48O8/c1-11-19-38-29-25(15-17-27(31(29)40-21-13-3)42-33(36)23(5)6)35(9,10)26-16-18-28(43-34(37)24(7)8)32(41-22-14-4)30(26)39-20-12-2/h15-18H,5,7,11-14,19-22H2,1-4,6,8-10H3. The van der Waals surface area contributed by atoms with Crippen molar-refractivity contribution in [2.24, 2.45) is 0 Å². The largest absolute Gasteiger partial charge is 0.489 e. The van der Waals surface area contributed by atoms with Gasteiger partial charge < -0.3 is 28.4 Å². The van der Waals surface area contributed by atoms with Crippen LogP contribution < -0.4 is 28.4 Å². The molecule has 0 aliphatic heterocycles. The molecule has 0 aromatic heterocycles. The van der Waals surface area contributed by atoms with E-state index in [2.05, 4.69) is 13.2 Å². The van der Waals surface area contributed by atoms with Crippen molar-refractivity contribution < 1.29 is 38.0 Å². The van der Waals surface area contributed by atoms with Crippen LogP contribution in [-0.2, 0) is 15.0 Å². The Bertz CT molecular complexity index is 1190. The van der Waals surface area contributed by atoms with Crippen molar-refractivity contribution >= 4 is 11.9 Å². The van der Waals surface area contributed by atoms with Crippen LogP contribution in [0.25, 0.3) is 0 Å². The van der Waals surface area contributed by atoms with Crippen LogP contribution in [0.5, 0.6) is 34.5 Å². The maximum absolute atomic E-state index is 12.5. The predicted octanol–water partition coefficient (Wildman–Crippen LogP) is 8.13. The summed E-state index contributed by atoms with van der Waals surface area (Å²) in [7, 11) is 0. The Kier molecular flexibility index (Phi) is 13.6. The van der Waals surface area contributed by atoms with Crippen LogP contribution in [0.15, 0.2) is 48.6 Å². The highest BCUT2D eigenvalue weighted by Gasteiger charge is 2.36. The summed E-state index contributed by atoms with van der Waals surface area (Å²) in [6, 6.07) is 7.17. The van der Waals surface area contributed by atoms with Gasteiger partial charge in [-0.1, -0.05) is 66.8 Å². The van der Waals surface area contributed by atoms with Crippen molar-refractivity contribution in [1.82, 2.24) is 0 Å². The van der Waals surface area contributed by atoms with Gasteiger partial charge in [0.25, 0.3) is 0 Å². The number of ether oxygens (including phenoxy) is 6. The number of esters is 2. The zero-order valence-electron chi connectivity index (χ0n) is 27.1. The highest BCUT2D eigenvalue weighted by Crippen LogP contribution is 2.52. The van der Waals surface area contributed by atoms with E-state index in [9.17, 15) is 9.59 Å². The van der Waals surface area contributed by atoms with Crippen LogP contribution in [0.3, 0.4) is 0 Å². The molecule has 2 rings (SSSR count). The van der Waals surface area contributed by atoms with Gasteiger partial charge in [-0.25, -0.2) is 9.59 Å². The molecule has 0 N–H and O–H groups in total. The fourth-order valence-corrected chi connectivity index (χ4v) is 4.13. The fraction of sp³-hybridized carbons (Fsp3) is 0.486. The van der Waals surface area contributed by atoms with Gasteiger partial charge in [-0.3, -0.25) is 0 Å². The molecule has 2 aromatic carbocycles. The van der Waals surface area contributed by atoms with E-state index in [-0.39, 0.29) is 22.6 Å². The molecule has 2 aromatic rings. The van der Waals surface area contributed by atoms with E-state index in [0.717, 1.165) is 36.8 Å². The molecule has 0 aliphatic carbocycles. The van der Waals surface area contributed by atoms with E-state index in [1.54, 1.807) is 26.0 Å². The summed E-state index contributed by atoms with van der Waals surface area (Å²) in [6.07, 6.45) is 3.00. The van der Waals surface area contributed by atoms with E-state index in [1.807, 2.05) is 53.7 Å². The molecule has 0 saturated carbocycles. The molecule has 236 valence electrons. The molecule has 0 heterocycles. The highest BCUT2D eigenvalue weighted by atomic mass is 16.6. The number of hydrogen-bond donors (Lipinski definition) is 0. The quantitative estimate of drug-likeness (QED) is 0.0968. The first-order chi connectivity index (χ1) is 20.4. The summed E-state index contributed by atoms with van der Waals surface area (Å²) in [5.74, 6) is 1.05. The van der Waals surface area contributed by atoms with Crippen molar-refractivity contribution in [3.05, 3.63) is 59.7 Å². The Labute approximate surface area is 257 Å². The molecule has 8 nitrogen and oxygen atoms in total. The van der Waals surface area contributed by atoms with Gasteiger partial charge in [-0.05, 0) is 51.7 Å². The maximum Gasteiger partial charge on any atom is 0.338 e. The van der Waals surface area contributed by atoms with Crippen LogP contribution >= 0.6 is 0 Å². The normalized spacial score (nSPS) is 11.0. The van der Waals surface area contributed by atoms with Gasteiger partial charge in [0.2, 0.25) is 11.5 Å². The molecule has 0 spiro atoms. The Morgan fingerprint density at radius 1 is 0.581 bits per heavy atom. The molecular formula is C35H48O8. The minimum absolute atomic E-state index is 0.253. The van der Waals surface area contributed by atoms with Crippen molar-refractivity contribution in [1.29, 1.82) is 0 Å². The monoisotopic (exact) mass is 596 g/mol. The summed E-state index contributed by atoms with van der Waals surface area (Å²) in [5.41, 5.74) is 1.38. The zero-order valence-corrected chi connectivity index (χ0v) is 27.1. The topological polar surface area (TPSA) is 89.5 Å². The number of benzene rings is 2. The summed E-state index contributed by atoms with van der Waals surface area (Å²) < 4.78 is 36.3. The molecule has 0 radical (unpaired) electrons. The van der Waals surface area contributed by atoms with Gasteiger partial charge in [0.15, 0.2) is 23.0 Å². The molecule has 0 bridgehead atoms. The second-order valence-corrected chi connectivity index (χ2v) is 10.9. The van der Waals surface area contributed by atoms with E-state index in [0.29, 0.717) is 49.4 Å². The smallest absolute Gasteiger partial charge is 0.338 e. The zero-order chi connectivity index (χ0) is 32.2. The van der Waals surface area contributed by atoms with Crippen LogP contribution in [0.4, 0.5) is 0 Å². The molecule has 0 aliphatic rings. The Morgan fingerprint density at radius 3 is 1.16 bits per heavy atom. The third-order valence-electron chi connectivity index (χ3n) is 6.40. The second-order valence-electron chi connectivity index (χ2n) is 10.9. The third kappa shape index (κ3) is 9.02. The van der Waals surface area contributed by atoms with Crippen molar-refractivity contribution in [3.63, 3.8) is 0 Å². The molecule has 0 amide bonds. The Morgan fingerprint density at radius 2 is 0.884 bits per heavy atom. The lowest BCUT2D eigenvalue weighted by Crippen LogP contribution is -2.23. The first-order valence-electron chi connectivity index (χ1n) is 15.1. The van der Waals surface area contributed by atoms with Crippen LogP contribution in [0.2, 0.25) is 0 Å². The third-order valence-corrected chi connectivity index (χ3v) is 6.40. The fourth-order valence-electron chi connectivity index (χ4n) is 4.13. The summed E-state index contributed by atoms with van der Waals surface area (Å²) >= 11 is 0. The molecule has 43 heavy (non-hydrogen) atoms. The molecule has 8 heteroatoms. The SMILES string of the molecule is C=C(C)C(=O)Oc1ccc(C(C)(C)c2ccc(OC(=O)C(=C)C)c(OCCC)c2OCCC)c(OCCC)c1OCCC. The number of carbonyl (C=O) groups excluding carboxylic acids is 2. The molecule has 0 unspecified atom stereocenters. The van der Waals surface area contributed by atoms with E-state index in [4.69, 9.17) is 28.4 Å². The van der Waals surface area contributed by atoms with Crippen LogP contribution in [0.1, 0.15) is 92.2 Å². The van der Waals surface area contributed by atoms with Gasteiger partial charge in [0.05, 0.1) is 26.4 Å². The molecule has 0 saturated heterocycles. The summed E-state index contributed by atoms with van der Waals surface area (Å²) in [4.78, 5) is 25.0. The number of carbonyl (C=O) groups is 2. The maximum atomic E-state index is 12.5. The van der Waals surface area contributed by atoms with Crippen LogP contribution in [-0.4, -0.2) is 38.4 Å². The Balaban J connectivity index is 2.88. The lowest BCUT2D eigenvalue weighted by atomic mass is 9.76. The lowest BCUT2D eigenvalue weighted by Gasteiger charge is -2.32. The van der Waals surface area contributed by atoms with Gasteiger partial charge in [-0.2, -0.15) is 0 Å². The minimum Gasteiger partial charge on any atom is -0.489 e. The van der Waals surface area contributed by atoms with Crippen LogP contribution in [0, 0.1) is 0 Å². The van der Waals surface area contributed by atoms with Gasteiger partial charge in [0.1, 0.15) is 0 Å². The average molecular weight is 597 g/mol. The number of hydrogen-bond acceptors (Lipinski definition) is 8. The minimum atomic E-state index is -0.741. The van der Waals surface area contributed by atoms with E-state index in [1.165, 1.54) is 0 Å². The van der Waals surface area contributed by atoms with E-state index < -0.39 is 17.4 Å². The second kappa shape index (κ2) is 16.6. The lowest BCUT2D eigenvalue weighted by molar-refractivity contribution is -0.131. The van der Waals surface area contributed by atoms with Gasteiger partial charge in [0, 0.05) is 27.7 Å². The molecule has 0 fully saturated rings. The molecule has 0 atom stereocenters. The van der Waals surface area contributed by atoms with Gasteiger partial charge in [-0.15, -0.1) is 0 Å². The van der Waals surface area contributed by atoms with Crippen molar-refractivity contribution in [2.45, 2.75) is 86.5 Å². The summed E-state index contributed by atoms with van der Waals surface area (Å²) in [5, 5.41) is 0.